The van der Waals surface area contributed by atoms with Crippen molar-refractivity contribution in [2.24, 2.45) is 0 Å². The van der Waals surface area contributed by atoms with Gasteiger partial charge in [0, 0.05) is 24.7 Å². The molecule has 1 aliphatic rings. The lowest BCUT2D eigenvalue weighted by Crippen LogP contribution is -2.39. The summed E-state index contributed by atoms with van der Waals surface area (Å²) in [5.41, 5.74) is 1.34. The molecule has 2 amide bonds. The Labute approximate surface area is 187 Å². The van der Waals surface area contributed by atoms with Gasteiger partial charge < -0.3 is 20.5 Å². The zero-order valence-electron chi connectivity index (χ0n) is 18.0. The number of anilines is 1. The number of hydrogen-bond acceptors (Lipinski definition) is 6. The largest absolute Gasteiger partial charge is 0.494 e. The Kier molecular flexibility index (Phi) is 7.37. The van der Waals surface area contributed by atoms with E-state index in [1.165, 1.54) is 25.2 Å². The Hall–Kier alpha value is -3.11. The number of ether oxygens (including phenoxy) is 1. The van der Waals surface area contributed by atoms with Crippen LogP contribution in [0, 0.1) is 0 Å². The first-order valence-electron chi connectivity index (χ1n) is 10.2. The third kappa shape index (κ3) is 5.98. The number of carbonyl (C=O) groups excluding carboxylic acids is 2. The van der Waals surface area contributed by atoms with Gasteiger partial charge in [0.15, 0.2) is 0 Å². The van der Waals surface area contributed by atoms with E-state index in [2.05, 4.69) is 10.6 Å². The Bertz CT molecular complexity index is 1100. The van der Waals surface area contributed by atoms with Crippen LogP contribution in [0.25, 0.3) is 0 Å². The minimum absolute atomic E-state index is 0.116. The highest BCUT2D eigenvalue weighted by atomic mass is 32.2. The van der Waals surface area contributed by atoms with Gasteiger partial charge >= 0.3 is 0 Å². The molecule has 0 radical (unpaired) electrons. The number of sulfonamides is 1. The SMILES string of the molecule is CN(c1cc2cc(c1)C(=O)N[C@@H](CO)Cc1cccc(c1)OCCCNC2=O)S(C)(=O)=O. The fourth-order valence-electron chi connectivity index (χ4n) is 3.29. The molecule has 0 saturated heterocycles. The number of aliphatic hydroxyl groups is 1. The lowest BCUT2D eigenvalue weighted by molar-refractivity contribution is 0.0916. The van der Waals surface area contributed by atoms with Gasteiger partial charge in [-0.15, -0.1) is 0 Å². The van der Waals surface area contributed by atoms with Gasteiger partial charge in [-0.2, -0.15) is 0 Å². The van der Waals surface area contributed by atoms with Crippen molar-refractivity contribution >= 4 is 27.5 Å². The topological polar surface area (TPSA) is 125 Å². The van der Waals surface area contributed by atoms with E-state index in [9.17, 15) is 23.1 Å². The van der Waals surface area contributed by atoms with Crippen LogP contribution < -0.4 is 19.7 Å². The van der Waals surface area contributed by atoms with Crippen molar-refractivity contribution in [2.45, 2.75) is 18.9 Å². The standard InChI is InChI=1S/C22H27N3O6S/c1-25(32(2,29)30)19-12-16-11-17(13-19)22(28)24-18(14-26)9-15-5-3-6-20(10-15)31-8-4-7-23-21(16)27/h3,5-6,10-13,18,26H,4,7-9,14H2,1-2H3,(H,23,27)(H,24,28)/t18-/m1/s1. The second-order valence-corrected chi connectivity index (χ2v) is 9.68. The van der Waals surface area contributed by atoms with Gasteiger partial charge in [-0.1, -0.05) is 12.1 Å². The predicted octanol–water partition coefficient (Wildman–Crippen LogP) is 0.928. The molecular weight excluding hydrogens is 434 g/mol. The Morgan fingerprint density at radius 2 is 1.84 bits per heavy atom. The van der Waals surface area contributed by atoms with E-state index in [0.29, 0.717) is 31.7 Å². The highest BCUT2D eigenvalue weighted by Gasteiger charge is 2.20. The number of aliphatic hydroxyl groups excluding tert-OH is 1. The molecule has 3 N–H and O–H groups in total. The van der Waals surface area contributed by atoms with Crippen molar-refractivity contribution in [1.29, 1.82) is 0 Å². The van der Waals surface area contributed by atoms with Gasteiger partial charge in [0.2, 0.25) is 10.0 Å². The number of amides is 2. The number of nitrogens with zero attached hydrogens (tertiary/aromatic N) is 1. The van der Waals surface area contributed by atoms with Crippen LogP contribution >= 0.6 is 0 Å². The Balaban J connectivity index is 1.99. The summed E-state index contributed by atoms with van der Waals surface area (Å²) in [6, 6.07) is 11.0. The zero-order chi connectivity index (χ0) is 23.3. The van der Waals surface area contributed by atoms with Gasteiger partial charge in [0.05, 0.1) is 31.2 Å². The van der Waals surface area contributed by atoms with Gasteiger partial charge in [0.25, 0.3) is 11.8 Å². The third-order valence-corrected chi connectivity index (χ3v) is 6.32. The number of benzene rings is 2. The minimum atomic E-state index is -3.61. The lowest BCUT2D eigenvalue weighted by atomic mass is 10.0. The van der Waals surface area contributed by atoms with Crippen LogP contribution in [-0.2, 0) is 16.4 Å². The smallest absolute Gasteiger partial charge is 0.251 e. The monoisotopic (exact) mass is 461 g/mol. The molecule has 2 aromatic rings. The van der Waals surface area contributed by atoms with Gasteiger partial charge in [-0.25, -0.2) is 8.42 Å². The molecule has 1 heterocycles. The summed E-state index contributed by atoms with van der Waals surface area (Å²) in [6.07, 6.45) is 1.97. The van der Waals surface area contributed by atoms with Gasteiger partial charge in [-0.05, 0) is 48.7 Å². The van der Waals surface area contributed by atoms with Gasteiger partial charge in [0.1, 0.15) is 5.75 Å². The van der Waals surface area contributed by atoms with Crippen molar-refractivity contribution < 1.29 is 27.9 Å². The molecule has 3 rings (SSSR count). The van der Waals surface area contributed by atoms with E-state index in [0.717, 1.165) is 16.1 Å². The first kappa shape index (κ1) is 23.6. The molecule has 10 heteroatoms. The van der Waals surface area contributed by atoms with Crippen molar-refractivity contribution in [3.05, 3.63) is 59.2 Å². The van der Waals surface area contributed by atoms with Crippen LogP contribution in [0.4, 0.5) is 5.69 Å². The molecule has 0 aliphatic carbocycles. The summed E-state index contributed by atoms with van der Waals surface area (Å²) < 4.78 is 30.8. The molecule has 1 aliphatic heterocycles. The van der Waals surface area contributed by atoms with Crippen LogP contribution in [0.3, 0.4) is 0 Å². The molecule has 0 saturated carbocycles. The number of fused-ring (bicyclic) bond motifs is 4. The average molecular weight is 462 g/mol. The first-order valence-corrected chi connectivity index (χ1v) is 12.0. The predicted molar refractivity (Wildman–Crippen MR) is 121 cm³/mol. The Morgan fingerprint density at radius 1 is 1.12 bits per heavy atom. The molecule has 9 nitrogen and oxygen atoms in total. The highest BCUT2D eigenvalue weighted by molar-refractivity contribution is 7.92. The molecule has 4 bridgehead atoms. The average Bonchev–Trinajstić information content (AvgIpc) is 2.76. The van der Waals surface area contributed by atoms with E-state index < -0.39 is 27.9 Å². The fraction of sp³-hybridized carbons (Fsp3) is 0.364. The minimum Gasteiger partial charge on any atom is -0.494 e. The van der Waals surface area contributed by atoms with Crippen molar-refractivity contribution in [2.75, 3.05) is 37.4 Å². The molecule has 1 atom stereocenters. The second-order valence-electron chi connectivity index (χ2n) is 7.66. The maximum Gasteiger partial charge on any atom is 0.251 e. The number of carbonyl (C=O) groups is 2. The second kappa shape index (κ2) is 10.0. The van der Waals surface area contributed by atoms with E-state index in [1.54, 1.807) is 0 Å². The van der Waals surface area contributed by atoms with Crippen LogP contribution in [0.1, 0.15) is 32.7 Å². The summed E-state index contributed by atoms with van der Waals surface area (Å²) in [5, 5.41) is 15.3. The molecule has 2 aromatic carbocycles. The van der Waals surface area contributed by atoms with Crippen molar-refractivity contribution in [1.82, 2.24) is 10.6 Å². The third-order valence-electron chi connectivity index (χ3n) is 5.11. The molecule has 0 aromatic heterocycles. The number of hydrogen-bond donors (Lipinski definition) is 3. The summed E-state index contributed by atoms with van der Waals surface area (Å²) in [7, 11) is -2.26. The summed E-state index contributed by atoms with van der Waals surface area (Å²) in [5.74, 6) is -0.292. The van der Waals surface area contributed by atoms with Crippen LogP contribution in [0.2, 0.25) is 0 Å². The molecule has 0 fully saturated rings. The van der Waals surface area contributed by atoms with Crippen molar-refractivity contribution in [3.8, 4) is 5.75 Å². The maximum absolute atomic E-state index is 12.9. The van der Waals surface area contributed by atoms with Crippen molar-refractivity contribution in [3.63, 3.8) is 0 Å². The molecule has 32 heavy (non-hydrogen) atoms. The van der Waals surface area contributed by atoms with E-state index in [1.807, 2.05) is 24.3 Å². The van der Waals surface area contributed by atoms with E-state index in [-0.39, 0.29) is 23.4 Å². The fourth-order valence-corrected chi connectivity index (χ4v) is 3.78. The molecule has 172 valence electrons. The number of nitrogens with one attached hydrogen (secondary N) is 2. The zero-order valence-corrected chi connectivity index (χ0v) is 18.8. The normalized spacial score (nSPS) is 17.7. The van der Waals surface area contributed by atoms with E-state index >= 15 is 0 Å². The molecular formula is C22H27N3O6S. The van der Waals surface area contributed by atoms with Crippen LogP contribution in [0.15, 0.2) is 42.5 Å². The lowest BCUT2D eigenvalue weighted by Gasteiger charge is -2.21. The van der Waals surface area contributed by atoms with Gasteiger partial charge in [-0.3, -0.25) is 13.9 Å². The molecule has 0 spiro atoms. The quantitative estimate of drug-likeness (QED) is 0.625. The maximum atomic E-state index is 12.9. The number of rotatable bonds is 3. The van der Waals surface area contributed by atoms with E-state index in [4.69, 9.17) is 4.74 Å². The summed E-state index contributed by atoms with van der Waals surface area (Å²) in [6.45, 7) is 0.442. The summed E-state index contributed by atoms with van der Waals surface area (Å²) in [4.78, 5) is 25.6. The highest BCUT2D eigenvalue weighted by Crippen LogP contribution is 2.21. The Morgan fingerprint density at radius 3 is 2.53 bits per heavy atom. The molecule has 0 unspecified atom stereocenters. The van der Waals surface area contributed by atoms with Crippen LogP contribution in [0.5, 0.6) is 5.75 Å². The first-order chi connectivity index (χ1) is 15.2. The van der Waals surface area contributed by atoms with Crippen LogP contribution in [-0.4, -0.2) is 64.4 Å². The summed E-state index contributed by atoms with van der Waals surface area (Å²) >= 11 is 0.